The number of piperidine rings is 1. The molecule has 1 saturated heterocycles. The van der Waals surface area contributed by atoms with Gasteiger partial charge in [0.1, 0.15) is 0 Å². The molecule has 0 bridgehead atoms. The van der Waals surface area contributed by atoms with Gasteiger partial charge in [0.15, 0.2) is 0 Å². The molecule has 4 heteroatoms. The van der Waals surface area contributed by atoms with Gasteiger partial charge in [-0.2, -0.15) is 0 Å². The van der Waals surface area contributed by atoms with Gasteiger partial charge in [-0.15, -0.1) is 11.3 Å². The van der Waals surface area contributed by atoms with Crippen molar-refractivity contribution in [2.24, 2.45) is 0 Å². The van der Waals surface area contributed by atoms with Gasteiger partial charge in [-0.1, -0.05) is 6.92 Å². The molecule has 0 amide bonds. The summed E-state index contributed by atoms with van der Waals surface area (Å²) in [5.41, 5.74) is 0. The zero-order valence-electron chi connectivity index (χ0n) is 10.4. The molecule has 96 valence electrons. The van der Waals surface area contributed by atoms with Crippen LogP contribution in [0.4, 0.5) is 0 Å². The summed E-state index contributed by atoms with van der Waals surface area (Å²) in [6, 6.07) is 5.18. The summed E-state index contributed by atoms with van der Waals surface area (Å²) in [7, 11) is 0. The minimum atomic E-state index is 0.775. The van der Waals surface area contributed by atoms with Crippen molar-refractivity contribution >= 4 is 27.3 Å². The average molecular weight is 317 g/mol. The summed E-state index contributed by atoms with van der Waals surface area (Å²) in [4.78, 5) is 4.14. The van der Waals surface area contributed by atoms with E-state index in [0.717, 1.165) is 12.6 Å². The average Bonchev–Trinajstić information content (AvgIpc) is 2.75. The van der Waals surface area contributed by atoms with Gasteiger partial charge in [-0.25, -0.2) is 0 Å². The van der Waals surface area contributed by atoms with E-state index in [1.54, 1.807) is 0 Å². The molecule has 0 saturated carbocycles. The van der Waals surface area contributed by atoms with E-state index < -0.39 is 0 Å². The summed E-state index contributed by atoms with van der Waals surface area (Å²) in [6.45, 7) is 6.98. The lowest BCUT2D eigenvalue weighted by Gasteiger charge is -2.34. The Morgan fingerprint density at radius 3 is 2.76 bits per heavy atom. The molecule has 0 aromatic carbocycles. The van der Waals surface area contributed by atoms with Crippen molar-refractivity contribution in [3.8, 4) is 0 Å². The van der Waals surface area contributed by atoms with Crippen LogP contribution in [0, 0.1) is 0 Å². The Balaban J connectivity index is 1.95. The van der Waals surface area contributed by atoms with Crippen molar-refractivity contribution in [1.29, 1.82) is 0 Å². The molecule has 1 aliphatic rings. The van der Waals surface area contributed by atoms with Gasteiger partial charge in [0.2, 0.25) is 0 Å². The number of hydrogen-bond acceptors (Lipinski definition) is 3. The number of hydrogen-bond donors (Lipinski definition) is 1. The van der Waals surface area contributed by atoms with Crippen molar-refractivity contribution < 1.29 is 0 Å². The van der Waals surface area contributed by atoms with Crippen LogP contribution >= 0.6 is 27.3 Å². The van der Waals surface area contributed by atoms with Crippen molar-refractivity contribution in [2.45, 2.75) is 38.8 Å². The van der Waals surface area contributed by atoms with Crippen molar-refractivity contribution in [3.05, 3.63) is 20.8 Å². The standard InChI is InChI=1S/C13H21BrN2S/c1-2-9-16(11-5-7-15-8-6-11)10-12-3-4-13(14)17-12/h3-4,11,15H,2,5-10H2,1H3. The molecule has 2 rings (SSSR count). The molecule has 1 fully saturated rings. The Labute approximate surface area is 117 Å². The fourth-order valence-corrected chi connectivity index (χ4v) is 4.00. The monoisotopic (exact) mass is 316 g/mol. The summed E-state index contributed by atoms with van der Waals surface area (Å²) in [5.74, 6) is 0. The second kappa shape index (κ2) is 6.88. The highest BCUT2D eigenvalue weighted by atomic mass is 79.9. The first-order valence-corrected chi connectivity index (χ1v) is 8.09. The molecule has 0 unspecified atom stereocenters. The van der Waals surface area contributed by atoms with Crippen molar-refractivity contribution in [3.63, 3.8) is 0 Å². The predicted molar refractivity (Wildman–Crippen MR) is 78.6 cm³/mol. The van der Waals surface area contributed by atoms with Crippen LogP contribution in [0.3, 0.4) is 0 Å². The Bertz CT molecular complexity index is 334. The third-order valence-electron chi connectivity index (χ3n) is 3.32. The molecule has 1 aliphatic heterocycles. The first-order valence-electron chi connectivity index (χ1n) is 6.48. The normalized spacial score (nSPS) is 17.8. The lowest BCUT2D eigenvalue weighted by atomic mass is 10.0. The molecule has 2 heterocycles. The molecule has 2 nitrogen and oxygen atoms in total. The van der Waals surface area contributed by atoms with Gasteiger partial charge in [-0.05, 0) is 67.0 Å². The van der Waals surface area contributed by atoms with Gasteiger partial charge in [0.05, 0.1) is 3.79 Å². The number of rotatable bonds is 5. The predicted octanol–water partition coefficient (Wildman–Crippen LogP) is 3.47. The minimum Gasteiger partial charge on any atom is -0.317 e. The zero-order valence-corrected chi connectivity index (χ0v) is 12.8. The SMILES string of the molecule is CCCN(Cc1ccc(Br)s1)C1CCNCC1. The molecule has 0 atom stereocenters. The van der Waals surface area contributed by atoms with Crippen LogP contribution in [0.25, 0.3) is 0 Å². The quantitative estimate of drug-likeness (QED) is 0.894. The number of halogens is 1. The van der Waals surface area contributed by atoms with Crippen molar-refractivity contribution in [2.75, 3.05) is 19.6 Å². The van der Waals surface area contributed by atoms with Crippen LogP contribution < -0.4 is 5.32 Å². The van der Waals surface area contributed by atoms with E-state index in [-0.39, 0.29) is 0 Å². The fraction of sp³-hybridized carbons (Fsp3) is 0.692. The summed E-state index contributed by atoms with van der Waals surface area (Å²) >= 11 is 5.41. The highest BCUT2D eigenvalue weighted by Crippen LogP contribution is 2.25. The lowest BCUT2D eigenvalue weighted by Crippen LogP contribution is -2.42. The number of thiophene rings is 1. The third kappa shape index (κ3) is 4.05. The van der Waals surface area contributed by atoms with E-state index in [9.17, 15) is 0 Å². The molecule has 1 aromatic heterocycles. The molecule has 0 radical (unpaired) electrons. The van der Waals surface area contributed by atoms with Gasteiger partial charge in [0, 0.05) is 17.5 Å². The van der Waals surface area contributed by atoms with E-state index in [1.807, 2.05) is 11.3 Å². The maximum atomic E-state index is 3.55. The maximum absolute atomic E-state index is 3.55. The summed E-state index contributed by atoms with van der Waals surface area (Å²) in [6.07, 6.45) is 3.84. The van der Waals surface area contributed by atoms with Gasteiger partial charge in [0.25, 0.3) is 0 Å². The second-order valence-corrected chi connectivity index (χ2v) is 7.21. The van der Waals surface area contributed by atoms with E-state index in [4.69, 9.17) is 0 Å². The van der Waals surface area contributed by atoms with E-state index >= 15 is 0 Å². The first-order chi connectivity index (χ1) is 8.29. The smallest absolute Gasteiger partial charge is 0.0701 e. The second-order valence-electron chi connectivity index (χ2n) is 4.66. The van der Waals surface area contributed by atoms with Crippen molar-refractivity contribution in [1.82, 2.24) is 10.2 Å². The molecule has 17 heavy (non-hydrogen) atoms. The highest BCUT2D eigenvalue weighted by Gasteiger charge is 2.20. The van der Waals surface area contributed by atoms with Crippen LogP contribution in [0.1, 0.15) is 31.1 Å². The van der Waals surface area contributed by atoms with Crippen LogP contribution in [0.2, 0.25) is 0 Å². The number of nitrogens with zero attached hydrogens (tertiary/aromatic N) is 1. The molecule has 1 aromatic rings. The zero-order chi connectivity index (χ0) is 12.1. The van der Waals surface area contributed by atoms with Gasteiger partial charge in [-0.3, -0.25) is 4.90 Å². The maximum Gasteiger partial charge on any atom is 0.0701 e. The van der Waals surface area contributed by atoms with Crippen LogP contribution in [-0.4, -0.2) is 30.6 Å². The topological polar surface area (TPSA) is 15.3 Å². The number of nitrogens with one attached hydrogen (secondary N) is 1. The Morgan fingerprint density at radius 1 is 1.41 bits per heavy atom. The molecular formula is C13H21BrN2S. The Hall–Kier alpha value is 0.1000. The Morgan fingerprint density at radius 2 is 2.18 bits per heavy atom. The first kappa shape index (κ1) is 13.5. The summed E-state index contributed by atoms with van der Waals surface area (Å²) in [5, 5.41) is 3.45. The van der Waals surface area contributed by atoms with Crippen LogP contribution in [0.5, 0.6) is 0 Å². The van der Waals surface area contributed by atoms with Crippen LogP contribution in [0.15, 0.2) is 15.9 Å². The van der Waals surface area contributed by atoms with E-state index in [1.165, 1.54) is 47.6 Å². The van der Waals surface area contributed by atoms with Crippen LogP contribution in [-0.2, 0) is 6.54 Å². The van der Waals surface area contributed by atoms with E-state index in [2.05, 4.69) is 45.2 Å². The highest BCUT2D eigenvalue weighted by molar-refractivity contribution is 9.11. The van der Waals surface area contributed by atoms with Gasteiger partial charge < -0.3 is 5.32 Å². The molecular weight excluding hydrogens is 296 g/mol. The molecule has 0 spiro atoms. The molecule has 0 aliphatic carbocycles. The molecule has 1 N–H and O–H groups in total. The fourth-order valence-electron chi connectivity index (χ4n) is 2.49. The van der Waals surface area contributed by atoms with E-state index in [0.29, 0.717) is 0 Å². The summed E-state index contributed by atoms with van der Waals surface area (Å²) < 4.78 is 1.24. The Kier molecular flexibility index (Phi) is 5.48. The lowest BCUT2D eigenvalue weighted by molar-refractivity contribution is 0.155. The minimum absolute atomic E-state index is 0.775. The third-order valence-corrected chi connectivity index (χ3v) is 4.93. The largest absolute Gasteiger partial charge is 0.317 e. The van der Waals surface area contributed by atoms with Gasteiger partial charge >= 0.3 is 0 Å².